The highest BCUT2D eigenvalue weighted by atomic mass is 16.4. The second-order valence-corrected chi connectivity index (χ2v) is 4.78. The first kappa shape index (κ1) is 14.8. The minimum atomic E-state index is -0.705. The van der Waals surface area contributed by atoms with Crippen molar-refractivity contribution in [1.29, 1.82) is 0 Å². The predicted octanol–water partition coefficient (Wildman–Crippen LogP) is 1.94. The van der Waals surface area contributed by atoms with Gasteiger partial charge in [-0.3, -0.25) is 9.69 Å². The lowest BCUT2D eigenvalue weighted by Crippen LogP contribution is -2.44. The summed E-state index contributed by atoms with van der Waals surface area (Å²) in [6.45, 7) is 9.43. The van der Waals surface area contributed by atoms with E-state index in [0.29, 0.717) is 12.6 Å². The molecule has 102 valence electrons. The van der Waals surface area contributed by atoms with Gasteiger partial charge < -0.3 is 10.0 Å². The number of hydrogen-bond donors (Lipinski definition) is 1. The molecule has 0 unspecified atom stereocenters. The Bertz CT molecular complexity index is 303. The molecule has 0 radical (unpaired) electrons. The monoisotopic (exact) mass is 252 g/mol. The van der Waals surface area contributed by atoms with E-state index in [4.69, 9.17) is 5.11 Å². The van der Waals surface area contributed by atoms with E-state index in [2.05, 4.69) is 29.0 Å². The van der Waals surface area contributed by atoms with Crippen molar-refractivity contribution in [1.82, 2.24) is 9.80 Å². The molecule has 4 heteroatoms. The fourth-order valence-electron chi connectivity index (χ4n) is 2.51. The Morgan fingerprint density at radius 2 is 2.17 bits per heavy atom. The molecule has 0 aromatic rings. The fraction of sp³-hybridized carbons (Fsp3) is 0.714. The number of hydrogen-bond acceptors (Lipinski definition) is 3. The average molecular weight is 252 g/mol. The molecule has 0 aromatic carbocycles. The van der Waals surface area contributed by atoms with Crippen LogP contribution in [0.5, 0.6) is 0 Å². The Morgan fingerprint density at radius 3 is 2.67 bits per heavy atom. The molecule has 1 saturated heterocycles. The van der Waals surface area contributed by atoms with Crippen molar-refractivity contribution in [3.05, 3.63) is 18.5 Å². The summed E-state index contributed by atoms with van der Waals surface area (Å²) in [5.41, 5.74) is 2.81. The van der Waals surface area contributed by atoms with Crippen molar-refractivity contribution in [2.24, 2.45) is 0 Å². The Morgan fingerprint density at radius 1 is 1.50 bits per heavy atom. The SMILES string of the molecule is C=C=CN1CCC(N(CCC)CCC(=O)O)CC1. The van der Waals surface area contributed by atoms with Crippen LogP contribution in [0.2, 0.25) is 0 Å². The van der Waals surface area contributed by atoms with Gasteiger partial charge >= 0.3 is 5.97 Å². The maximum absolute atomic E-state index is 10.7. The van der Waals surface area contributed by atoms with Crippen LogP contribution >= 0.6 is 0 Å². The van der Waals surface area contributed by atoms with Gasteiger partial charge in [0.05, 0.1) is 6.42 Å². The summed E-state index contributed by atoms with van der Waals surface area (Å²) in [4.78, 5) is 15.2. The molecule has 0 spiro atoms. The van der Waals surface area contributed by atoms with E-state index < -0.39 is 5.97 Å². The zero-order valence-electron chi connectivity index (χ0n) is 11.3. The van der Waals surface area contributed by atoms with Gasteiger partial charge in [0.15, 0.2) is 0 Å². The van der Waals surface area contributed by atoms with Crippen molar-refractivity contribution in [2.45, 2.75) is 38.6 Å². The highest BCUT2D eigenvalue weighted by Gasteiger charge is 2.23. The van der Waals surface area contributed by atoms with E-state index in [1.165, 1.54) is 0 Å². The number of likely N-dealkylation sites (tertiary alicyclic amines) is 1. The first-order valence-electron chi connectivity index (χ1n) is 6.73. The highest BCUT2D eigenvalue weighted by Crippen LogP contribution is 2.17. The molecule has 0 bridgehead atoms. The Labute approximate surface area is 110 Å². The molecule has 4 nitrogen and oxygen atoms in total. The molecule has 0 aromatic heterocycles. The van der Waals surface area contributed by atoms with Crippen LogP contribution in [-0.4, -0.2) is 53.1 Å². The van der Waals surface area contributed by atoms with Crippen molar-refractivity contribution in [2.75, 3.05) is 26.2 Å². The zero-order valence-corrected chi connectivity index (χ0v) is 11.3. The topological polar surface area (TPSA) is 43.8 Å². The first-order chi connectivity index (χ1) is 8.67. The molecule has 0 saturated carbocycles. The molecule has 1 N–H and O–H groups in total. The van der Waals surface area contributed by atoms with Gasteiger partial charge in [-0.05, 0) is 25.8 Å². The lowest BCUT2D eigenvalue weighted by Gasteiger charge is -2.37. The quantitative estimate of drug-likeness (QED) is 0.703. The number of carboxylic acids is 1. The lowest BCUT2D eigenvalue weighted by atomic mass is 10.0. The van der Waals surface area contributed by atoms with E-state index in [1.54, 1.807) is 0 Å². The molecule has 1 aliphatic rings. The number of aliphatic carboxylic acids is 1. The zero-order chi connectivity index (χ0) is 13.4. The average Bonchev–Trinajstić information content (AvgIpc) is 2.36. The second kappa shape index (κ2) is 7.96. The highest BCUT2D eigenvalue weighted by molar-refractivity contribution is 5.66. The van der Waals surface area contributed by atoms with Crippen LogP contribution in [0.1, 0.15) is 32.6 Å². The van der Waals surface area contributed by atoms with Gasteiger partial charge in [0, 0.05) is 31.9 Å². The largest absolute Gasteiger partial charge is 0.481 e. The molecule has 0 aliphatic carbocycles. The van der Waals surface area contributed by atoms with Crippen molar-refractivity contribution >= 4 is 5.97 Å². The first-order valence-corrected chi connectivity index (χ1v) is 6.73. The van der Waals surface area contributed by atoms with E-state index in [-0.39, 0.29) is 6.42 Å². The van der Waals surface area contributed by atoms with Gasteiger partial charge in [-0.15, -0.1) is 5.73 Å². The van der Waals surface area contributed by atoms with Crippen LogP contribution < -0.4 is 0 Å². The van der Waals surface area contributed by atoms with Crippen LogP contribution in [-0.2, 0) is 4.79 Å². The molecule has 0 atom stereocenters. The Kier molecular flexibility index (Phi) is 6.55. The smallest absolute Gasteiger partial charge is 0.304 e. The number of carbonyl (C=O) groups is 1. The minimum Gasteiger partial charge on any atom is -0.481 e. The number of rotatable bonds is 7. The third-order valence-electron chi connectivity index (χ3n) is 3.41. The Balaban J connectivity index is 2.44. The van der Waals surface area contributed by atoms with Gasteiger partial charge in [-0.2, -0.15) is 0 Å². The summed E-state index contributed by atoms with van der Waals surface area (Å²) in [6, 6.07) is 0.527. The van der Waals surface area contributed by atoms with Crippen LogP contribution in [0.25, 0.3) is 0 Å². The summed E-state index contributed by atoms with van der Waals surface area (Å²) < 4.78 is 0. The van der Waals surface area contributed by atoms with Gasteiger partial charge in [0.1, 0.15) is 0 Å². The molecular weight excluding hydrogens is 228 g/mol. The molecule has 1 rings (SSSR count). The van der Waals surface area contributed by atoms with Gasteiger partial charge in [0.25, 0.3) is 0 Å². The van der Waals surface area contributed by atoms with E-state index in [0.717, 1.165) is 38.9 Å². The van der Waals surface area contributed by atoms with Crippen LogP contribution in [0.4, 0.5) is 0 Å². The number of piperidine rings is 1. The van der Waals surface area contributed by atoms with Gasteiger partial charge in [-0.25, -0.2) is 0 Å². The summed E-state index contributed by atoms with van der Waals surface area (Å²) >= 11 is 0. The van der Waals surface area contributed by atoms with E-state index in [9.17, 15) is 4.79 Å². The number of carboxylic acid groups (broad SMARTS) is 1. The molecule has 1 heterocycles. The maximum Gasteiger partial charge on any atom is 0.304 e. The van der Waals surface area contributed by atoms with Gasteiger partial charge in [-0.1, -0.05) is 13.5 Å². The predicted molar refractivity (Wildman–Crippen MR) is 72.4 cm³/mol. The number of nitrogens with zero attached hydrogens (tertiary/aromatic N) is 2. The fourth-order valence-corrected chi connectivity index (χ4v) is 2.51. The standard InChI is InChI=1S/C14H24N2O2/c1-3-8-15-10-5-13(6-11-15)16(9-4-2)12-7-14(17)18/h8,13H,1,4-7,9-12H2,2H3,(H,17,18). The normalized spacial score (nSPS) is 16.7. The van der Waals surface area contributed by atoms with Crippen LogP contribution in [0, 0.1) is 0 Å². The van der Waals surface area contributed by atoms with E-state index >= 15 is 0 Å². The molecule has 18 heavy (non-hydrogen) atoms. The van der Waals surface area contributed by atoms with Crippen LogP contribution in [0.15, 0.2) is 18.5 Å². The summed E-state index contributed by atoms with van der Waals surface area (Å²) in [7, 11) is 0. The summed E-state index contributed by atoms with van der Waals surface area (Å²) in [5, 5.41) is 8.79. The van der Waals surface area contributed by atoms with Crippen molar-refractivity contribution < 1.29 is 9.90 Å². The molecule has 1 fully saturated rings. The molecular formula is C14H24N2O2. The van der Waals surface area contributed by atoms with E-state index in [1.807, 2.05) is 6.20 Å². The Hall–Kier alpha value is -1.25. The minimum absolute atomic E-state index is 0.243. The maximum atomic E-state index is 10.7. The lowest BCUT2D eigenvalue weighted by molar-refractivity contribution is -0.137. The summed E-state index contributed by atoms with van der Waals surface area (Å²) in [6.07, 6.45) is 5.42. The van der Waals surface area contributed by atoms with Crippen molar-refractivity contribution in [3.8, 4) is 0 Å². The van der Waals surface area contributed by atoms with Crippen molar-refractivity contribution in [3.63, 3.8) is 0 Å². The molecule has 0 amide bonds. The van der Waals surface area contributed by atoms with Gasteiger partial charge in [0.2, 0.25) is 0 Å². The summed E-state index contributed by atoms with van der Waals surface area (Å²) in [5.74, 6) is -0.705. The second-order valence-electron chi connectivity index (χ2n) is 4.78. The third kappa shape index (κ3) is 4.94. The van der Waals surface area contributed by atoms with Crippen LogP contribution in [0.3, 0.4) is 0 Å². The third-order valence-corrected chi connectivity index (χ3v) is 3.41. The molecule has 1 aliphatic heterocycles.